The molecule has 2 unspecified atom stereocenters. The molecule has 3 rings (SSSR count). The molecule has 3 heteroatoms. The van der Waals surface area contributed by atoms with E-state index in [0.29, 0.717) is 14.3 Å². The smallest absolute Gasteiger partial charge is 0.122 e. The van der Waals surface area contributed by atoms with Gasteiger partial charge in [0, 0.05) is 17.3 Å². The molecule has 194 valence electrons. The summed E-state index contributed by atoms with van der Waals surface area (Å²) in [5.74, 6) is 0.522. The molecule has 1 N–H and O–H groups in total. The molecule has 0 aromatic heterocycles. The van der Waals surface area contributed by atoms with Gasteiger partial charge < -0.3 is 5.11 Å². The van der Waals surface area contributed by atoms with Crippen LogP contribution in [0.3, 0.4) is 0 Å². The van der Waals surface area contributed by atoms with E-state index in [9.17, 15) is 5.11 Å². The van der Waals surface area contributed by atoms with E-state index in [4.69, 9.17) is 0 Å². The number of benzene rings is 2. The van der Waals surface area contributed by atoms with E-state index in [1.165, 1.54) is 79.2 Å². The summed E-state index contributed by atoms with van der Waals surface area (Å²) >= 11 is 0. The highest BCUT2D eigenvalue weighted by molar-refractivity contribution is 7.48. The number of hydrogen-bond acceptors (Lipinski definition) is 2. The molecule has 1 saturated heterocycles. The Kier molecular flexibility index (Phi) is 9.87. The van der Waals surface area contributed by atoms with Crippen LogP contribution in [0.15, 0.2) is 30.3 Å². The first-order chi connectivity index (χ1) is 16.6. The minimum atomic E-state index is -0.0306. The lowest BCUT2D eigenvalue weighted by Gasteiger charge is -2.37. The van der Waals surface area contributed by atoms with Crippen molar-refractivity contribution >= 4 is 13.9 Å². The summed E-state index contributed by atoms with van der Waals surface area (Å²) in [7, 11) is 0.657. The molecule has 1 fully saturated rings. The van der Waals surface area contributed by atoms with E-state index in [0.717, 1.165) is 24.9 Å². The SMILES string of the molecule is CCCCCC(CC)(Pc1ccc(C)cc1CN1CCCCC1)c1cc(C(C)(C)C)cc(C)c1O. The lowest BCUT2D eigenvalue weighted by molar-refractivity contribution is 0.221. The zero-order valence-corrected chi connectivity index (χ0v) is 24.6. The molecular weight excluding hydrogens is 445 g/mol. The van der Waals surface area contributed by atoms with Crippen molar-refractivity contribution in [2.24, 2.45) is 0 Å². The van der Waals surface area contributed by atoms with E-state index < -0.39 is 0 Å². The standard InChI is InChI=1S/C32H50NOP/c1-8-10-12-17-32(9-2,28-22-27(31(5,6)7)21-25(4)30(28)34)35-29-16-15-24(3)20-26(29)23-33-18-13-11-14-19-33/h15-16,20-22,34-35H,8-14,17-19,23H2,1-7H3. The summed E-state index contributed by atoms with van der Waals surface area (Å²) in [6, 6.07) is 11.7. The number of piperidine rings is 1. The van der Waals surface area contributed by atoms with Gasteiger partial charge in [0.2, 0.25) is 0 Å². The van der Waals surface area contributed by atoms with Crippen molar-refractivity contribution in [2.75, 3.05) is 13.1 Å². The van der Waals surface area contributed by atoms with Crippen molar-refractivity contribution in [3.8, 4) is 5.75 Å². The second-order valence-corrected chi connectivity index (χ2v) is 13.7. The number of likely N-dealkylation sites (tertiary alicyclic amines) is 1. The summed E-state index contributed by atoms with van der Waals surface area (Å²) in [5, 5.41) is 12.9. The maximum Gasteiger partial charge on any atom is 0.122 e. The second kappa shape index (κ2) is 12.2. The quantitative estimate of drug-likeness (QED) is 0.264. The lowest BCUT2D eigenvalue weighted by atomic mass is 9.80. The predicted octanol–water partition coefficient (Wildman–Crippen LogP) is 8.48. The summed E-state index contributed by atoms with van der Waals surface area (Å²) < 4.78 is 0. The molecule has 0 radical (unpaired) electrons. The second-order valence-electron chi connectivity index (χ2n) is 12.0. The Labute approximate surface area is 217 Å². The fourth-order valence-corrected chi connectivity index (χ4v) is 7.36. The van der Waals surface area contributed by atoms with Crippen LogP contribution in [-0.4, -0.2) is 23.1 Å². The van der Waals surface area contributed by atoms with E-state index in [-0.39, 0.29) is 10.6 Å². The molecule has 0 amide bonds. The van der Waals surface area contributed by atoms with Crippen molar-refractivity contribution in [2.45, 2.75) is 117 Å². The van der Waals surface area contributed by atoms with Gasteiger partial charge in [-0.1, -0.05) is 105 Å². The molecule has 0 saturated carbocycles. The van der Waals surface area contributed by atoms with Gasteiger partial charge in [-0.05, 0) is 80.0 Å². The average Bonchev–Trinajstić information content (AvgIpc) is 2.82. The fraction of sp³-hybridized carbons (Fsp3) is 0.625. The highest BCUT2D eigenvalue weighted by Gasteiger charge is 2.35. The van der Waals surface area contributed by atoms with Crippen LogP contribution in [0.5, 0.6) is 5.75 Å². The van der Waals surface area contributed by atoms with Crippen LogP contribution in [0.4, 0.5) is 0 Å². The van der Waals surface area contributed by atoms with Crippen LogP contribution >= 0.6 is 8.58 Å². The van der Waals surface area contributed by atoms with Crippen LogP contribution in [0.25, 0.3) is 0 Å². The molecule has 0 spiro atoms. The van der Waals surface area contributed by atoms with Crippen molar-refractivity contribution < 1.29 is 5.11 Å². The fourth-order valence-electron chi connectivity index (χ4n) is 5.57. The molecule has 1 aliphatic heterocycles. The van der Waals surface area contributed by atoms with Crippen molar-refractivity contribution in [3.63, 3.8) is 0 Å². The Morgan fingerprint density at radius 2 is 1.66 bits per heavy atom. The summed E-state index contributed by atoms with van der Waals surface area (Å²) in [6.45, 7) is 19.3. The summed E-state index contributed by atoms with van der Waals surface area (Å²) in [5.41, 5.74) is 6.45. The molecule has 0 bridgehead atoms. The lowest BCUT2D eigenvalue weighted by Crippen LogP contribution is -2.31. The highest BCUT2D eigenvalue weighted by Crippen LogP contribution is 2.52. The third kappa shape index (κ3) is 7.11. The number of phenols is 1. The van der Waals surface area contributed by atoms with Gasteiger partial charge in [-0.15, -0.1) is 0 Å². The van der Waals surface area contributed by atoms with Crippen LogP contribution in [0.1, 0.15) is 114 Å². The Hall–Kier alpha value is -1.37. The van der Waals surface area contributed by atoms with E-state index >= 15 is 0 Å². The number of phenolic OH excluding ortho intramolecular Hbond substituents is 1. The zero-order chi connectivity index (χ0) is 25.6. The Morgan fingerprint density at radius 3 is 2.29 bits per heavy atom. The molecule has 2 aromatic rings. The van der Waals surface area contributed by atoms with Crippen LogP contribution in [-0.2, 0) is 17.1 Å². The number of aryl methyl sites for hydroxylation is 2. The third-order valence-electron chi connectivity index (χ3n) is 7.97. The topological polar surface area (TPSA) is 23.5 Å². The van der Waals surface area contributed by atoms with E-state index in [1.54, 1.807) is 0 Å². The molecule has 1 heterocycles. The van der Waals surface area contributed by atoms with Gasteiger partial charge in [0.1, 0.15) is 5.75 Å². The van der Waals surface area contributed by atoms with Gasteiger partial charge in [0.05, 0.1) is 0 Å². The molecule has 2 atom stereocenters. The number of unbranched alkanes of at least 4 members (excludes halogenated alkanes) is 2. The van der Waals surface area contributed by atoms with Crippen molar-refractivity contribution in [1.29, 1.82) is 0 Å². The Bertz CT molecular complexity index is 970. The minimum Gasteiger partial charge on any atom is -0.507 e. The van der Waals surface area contributed by atoms with Gasteiger partial charge in [-0.2, -0.15) is 0 Å². The van der Waals surface area contributed by atoms with Gasteiger partial charge in [0.15, 0.2) is 0 Å². The van der Waals surface area contributed by atoms with Crippen molar-refractivity contribution in [1.82, 2.24) is 4.90 Å². The van der Waals surface area contributed by atoms with Gasteiger partial charge in [-0.25, -0.2) is 0 Å². The number of hydrogen-bond donors (Lipinski definition) is 1. The minimum absolute atomic E-state index is 0.0306. The maximum atomic E-state index is 11.5. The summed E-state index contributed by atoms with van der Waals surface area (Å²) in [6.07, 6.45) is 9.89. The molecule has 2 aromatic carbocycles. The molecular formula is C32H50NOP. The van der Waals surface area contributed by atoms with Crippen LogP contribution in [0.2, 0.25) is 0 Å². The molecule has 35 heavy (non-hydrogen) atoms. The predicted molar refractivity (Wildman–Crippen MR) is 156 cm³/mol. The Morgan fingerprint density at radius 1 is 0.943 bits per heavy atom. The monoisotopic (exact) mass is 495 g/mol. The van der Waals surface area contributed by atoms with Gasteiger partial charge in [0.25, 0.3) is 0 Å². The van der Waals surface area contributed by atoms with Gasteiger partial charge >= 0.3 is 0 Å². The highest BCUT2D eigenvalue weighted by atomic mass is 31.1. The molecule has 2 nitrogen and oxygen atoms in total. The number of nitrogens with zero attached hydrogens (tertiary/aromatic N) is 1. The molecule has 0 aliphatic carbocycles. The Balaban J connectivity index is 2.08. The van der Waals surface area contributed by atoms with Crippen LogP contribution < -0.4 is 5.30 Å². The zero-order valence-electron chi connectivity index (χ0n) is 23.6. The average molecular weight is 496 g/mol. The molecule has 1 aliphatic rings. The van der Waals surface area contributed by atoms with E-state index in [2.05, 4.69) is 83.7 Å². The van der Waals surface area contributed by atoms with Gasteiger partial charge in [-0.3, -0.25) is 4.90 Å². The van der Waals surface area contributed by atoms with Crippen LogP contribution in [0, 0.1) is 13.8 Å². The normalized spacial score (nSPS) is 17.2. The van der Waals surface area contributed by atoms with E-state index in [1.807, 2.05) is 0 Å². The van der Waals surface area contributed by atoms with Crippen molar-refractivity contribution in [3.05, 3.63) is 58.1 Å². The summed E-state index contributed by atoms with van der Waals surface area (Å²) in [4.78, 5) is 2.65. The largest absolute Gasteiger partial charge is 0.507 e. The first kappa shape index (κ1) is 28.2. The maximum absolute atomic E-state index is 11.5. The number of rotatable bonds is 10. The number of aromatic hydroxyl groups is 1. The first-order valence-corrected chi connectivity index (χ1v) is 15.0. The first-order valence-electron chi connectivity index (χ1n) is 14.0. The third-order valence-corrected chi connectivity index (χ3v) is 10.1.